The van der Waals surface area contributed by atoms with Crippen molar-refractivity contribution in [1.29, 1.82) is 0 Å². The summed E-state index contributed by atoms with van der Waals surface area (Å²) in [6, 6.07) is 24.7. The third kappa shape index (κ3) is 4.97. The molecule has 3 aromatic carbocycles. The summed E-state index contributed by atoms with van der Waals surface area (Å²) < 4.78 is 34.4. The molecule has 6 heteroatoms. The van der Waals surface area contributed by atoms with Crippen LogP contribution >= 0.6 is 0 Å². The van der Waals surface area contributed by atoms with Crippen molar-refractivity contribution in [3.63, 3.8) is 0 Å². The minimum Gasteiger partial charge on any atom is -0.497 e. The van der Waals surface area contributed by atoms with Crippen molar-refractivity contribution in [3.8, 4) is 5.75 Å². The molecule has 0 spiro atoms. The van der Waals surface area contributed by atoms with Crippen LogP contribution in [0, 0.1) is 6.92 Å². The summed E-state index contributed by atoms with van der Waals surface area (Å²) in [5, 5.41) is 0. The van der Waals surface area contributed by atoms with Crippen LogP contribution in [-0.4, -0.2) is 39.6 Å². The molecule has 1 fully saturated rings. The maximum absolute atomic E-state index is 13.8. The normalized spacial score (nSPS) is 15.4. The maximum atomic E-state index is 13.8. The minimum absolute atomic E-state index is 0.0863. The van der Waals surface area contributed by atoms with Crippen LogP contribution in [-0.2, 0) is 16.6 Å². The number of likely N-dealkylation sites (tertiary alicyclic amines) is 1. The number of anilines is 1. The summed E-state index contributed by atoms with van der Waals surface area (Å²) in [6.07, 6.45) is 1.58. The lowest BCUT2D eigenvalue weighted by Gasteiger charge is -2.39. The molecule has 1 saturated heterocycles. The van der Waals surface area contributed by atoms with Crippen molar-refractivity contribution >= 4 is 15.7 Å². The van der Waals surface area contributed by atoms with E-state index in [-0.39, 0.29) is 10.9 Å². The average molecular weight is 451 g/mol. The highest BCUT2D eigenvalue weighted by atomic mass is 32.2. The summed E-state index contributed by atoms with van der Waals surface area (Å²) in [7, 11) is -2.13. The fraction of sp³-hybridized carbons (Fsp3) is 0.308. The monoisotopic (exact) mass is 450 g/mol. The molecule has 1 heterocycles. The third-order valence-electron chi connectivity index (χ3n) is 6.04. The fourth-order valence-corrected chi connectivity index (χ4v) is 5.96. The molecule has 5 nitrogen and oxygen atoms in total. The van der Waals surface area contributed by atoms with Crippen LogP contribution in [0.15, 0.2) is 83.8 Å². The number of benzene rings is 3. The Morgan fingerprint density at radius 1 is 0.906 bits per heavy atom. The van der Waals surface area contributed by atoms with Crippen LogP contribution in [0.3, 0.4) is 0 Å². The summed E-state index contributed by atoms with van der Waals surface area (Å²) in [4.78, 5) is 2.68. The number of hydrogen-bond donors (Lipinski definition) is 0. The molecule has 0 bridgehead atoms. The van der Waals surface area contributed by atoms with Gasteiger partial charge in [-0.2, -0.15) is 0 Å². The molecule has 0 radical (unpaired) electrons. The average Bonchev–Trinajstić information content (AvgIpc) is 2.82. The maximum Gasteiger partial charge on any atom is 0.264 e. The van der Waals surface area contributed by atoms with Gasteiger partial charge in [-0.25, -0.2) is 8.42 Å². The highest BCUT2D eigenvalue weighted by Gasteiger charge is 2.34. The molecule has 3 aromatic rings. The van der Waals surface area contributed by atoms with Crippen LogP contribution < -0.4 is 9.04 Å². The Kier molecular flexibility index (Phi) is 6.82. The zero-order valence-electron chi connectivity index (χ0n) is 18.6. The second kappa shape index (κ2) is 9.76. The number of hydrogen-bond acceptors (Lipinski definition) is 4. The van der Waals surface area contributed by atoms with Crippen molar-refractivity contribution in [2.75, 3.05) is 24.5 Å². The predicted octanol–water partition coefficient (Wildman–Crippen LogP) is 4.86. The zero-order chi connectivity index (χ0) is 22.6. The second-order valence-corrected chi connectivity index (χ2v) is 10.1. The van der Waals surface area contributed by atoms with E-state index in [2.05, 4.69) is 29.2 Å². The van der Waals surface area contributed by atoms with E-state index in [1.54, 1.807) is 35.7 Å². The van der Waals surface area contributed by atoms with Crippen LogP contribution in [0.4, 0.5) is 5.69 Å². The number of methoxy groups -OCH3 is 1. The standard InChI is InChI=1S/C26H30N2O3S/c1-21-8-10-23(11-9-21)28(32(29,30)26-14-12-25(31-2)13-15-26)24-16-18-27(19-17-24)20-22-6-4-3-5-7-22/h3-15,24H,16-20H2,1-2H3. The minimum atomic E-state index is -3.71. The van der Waals surface area contributed by atoms with Gasteiger partial charge in [0.2, 0.25) is 0 Å². The number of ether oxygens (including phenoxy) is 1. The number of piperidine rings is 1. The number of sulfonamides is 1. The number of aryl methyl sites for hydroxylation is 1. The molecule has 168 valence electrons. The Hall–Kier alpha value is -2.83. The van der Waals surface area contributed by atoms with Gasteiger partial charge < -0.3 is 4.74 Å². The highest BCUT2D eigenvalue weighted by Crippen LogP contribution is 2.31. The van der Waals surface area contributed by atoms with Crippen molar-refractivity contribution < 1.29 is 13.2 Å². The molecule has 1 aliphatic rings. The van der Waals surface area contributed by atoms with E-state index in [1.807, 2.05) is 37.3 Å². The van der Waals surface area contributed by atoms with Crippen molar-refractivity contribution in [3.05, 3.63) is 90.0 Å². The van der Waals surface area contributed by atoms with Crippen LogP contribution in [0.25, 0.3) is 0 Å². The molecule has 1 aliphatic heterocycles. The summed E-state index contributed by atoms with van der Waals surface area (Å²) >= 11 is 0. The van der Waals surface area contributed by atoms with Gasteiger partial charge in [-0.15, -0.1) is 0 Å². The Morgan fingerprint density at radius 2 is 1.53 bits per heavy atom. The summed E-state index contributed by atoms with van der Waals surface area (Å²) in [5.41, 5.74) is 3.10. The molecule has 0 atom stereocenters. The Bertz CT molecular complexity index is 1110. The van der Waals surface area contributed by atoms with E-state index >= 15 is 0 Å². The molecule has 0 amide bonds. The van der Waals surface area contributed by atoms with Crippen molar-refractivity contribution in [1.82, 2.24) is 4.90 Å². The molecule has 32 heavy (non-hydrogen) atoms. The van der Waals surface area contributed by atoms with E-state index in [1.165, 1.54) is 5.56 Å². The van der Waals surface area contributed by atoms with Gasteiger partial charge in [-0.1, -0.05) is 48.0 Å². The van der Waals surface area contributed by atoms with Gasteiger partial charge in [0.25, 0.3) is 10.0 Å². The van der Waals surface area contributed by atoms with Gasteiger partial charge in [0, 0.05) is 25.7 Å². The van der Waals surface area contributed by atoms with E-state index in [9.17, 15) is 8.42 Å². The SMILES string of the molecule is COc1ccc(S(=O)(=O)N(c2ccc(C)cc2)C2CCN(Cc3ccccc3)CC2)cc1. The second-order valence-electron chi connectivity index (χ2n) is 8.30. The molecular formula is C26H30N2O3S. The van der Waals surface area contributed by atoms with E-state index < -0.39 is 10.0 Å². The van der Waals surface area contributed by atoms with Crippen molar-refractivity contribution in [2.45, 2.75) is 37.2 Å². The smallest absolute Gasteiger partial charge is 0.264 e. The summed E-state index contributed by atoms with van der Waals surface area (Å²) in [6.45, 7) is 4.62. The predicted molar refractivity (Wildman–Crippen MR) is 129 cm³/mol. The lowest BCUT2D eigenvalue weighted by atomic mass is 10.0. The molecule has 4 rings (SSSR count). The molecular weight excluding hydrogens is 420 g/mol. The van der Waals surface area contributed by atoms with Crippen molar-refractivity contribution in [2.24, 2.45) is 0 Å². The van der Waals surface area contributed by atoms with Gasteiger partial charge in [0.15, 0.2) is 0 Å². The molecule has 0 unspecified atom stereocenters. The highest BCUT2D eigenvalue weighted by molar-refractivity contribution is 7.92. The first kappa shape index (κ1) is 22.4. The first-order valence-electron chi connectivity index (χ1n) is 11.0. The first-order valence-corrected chi connectivity index (χ1v) is 12.4. The van der Waals surface area contributed by atoms with Crippen LogP contribution in [0.5, 0.6) is 5.75 Å². The first-order chi connectivity index (χ1) is 15.5. The third-order valence-corrected chi connectivity index (χ3v) is 7.94. The van der Waals surface area contributed by atoms with E-state index in [0.717, 1.165) is 38.0 Å². The zero-order valence-corrected chi connectivity index (χ0v) is 19.5. The van der Waals surface area contributed by atoms with Gasteiger partial charge in [0.1, 0.15) is 5.75 Å². The topological polar surface area (TPSA) is 49.9 Å². The lowest BCUT2D eigenvalue weighted by molar-refractivity contribution is 0.206. The summed E-state index contributed by atoms with van der Waals surface area (Å²) in [5.74, 6) is 0.639. The molecule has 0 aromatic heterocycles. The van der Waals surface area contributed by atoms with Crippen LogP contribution in [0.2, 0.25) is 0 Å². The van der Waals surface area contributed by atoms with Crippen LogP contribution in [0.1, 0.15) is 24.0 Å². The Morgan fingerprint density at radius 3 is 2.12 bits per heavy atom. The Balaban J connectivity index is 1.58. The number of rotatable bonds is 7. The molecule has 0 aliphatic carbocycles. The Labute approximate surface area is 191 Å². The van der Waals surface area contributed by atoms with Gasteiger partial charge in [-0.05, 0) is 61.7 Å². The fourth-order valence-electron chi connectivity index (χ4n) is 4.25. The molecule has 0 saturated carbocycles. The van der Waals surface area contributed by atoms with E-state index in [4.69, 9.17) is 4.74 Å². The van der Waals surface area contributed by atoms with E-state index in [0.29, 0.717) is 11.4 Å². The quantitative estimate of drug-likeness (QED) is 0.516. The number of nitrogens with zero attached hydrogens (tertiary/aromatic N) is 2. The molecule has 0 N–H and O–H groups in total. The lowest BCUT2D eigenvalue weighted by Crippen LogP contribution is -2.47. The van der Waals surface area contributed by atoms with Gasteiger partial charge in [-0.3, -0.25) is 9.21 Å². The van der Waals surface area contributed by atoms with Gasteiger partial charge >= 0.3 is 0 Å². The largest absolute Gasteiger partial charge is 0.497 e. The van der Waals surface area contributed by atoms with Gasteiger partial charge in [0.05, 0.1) is 17.7 Å².